The Balaban J connectivity index is 0.000000320. The average Bonchev–Trinajstić information content (AvgIpc) is 3.54. The summed E-state index contributed by atoms with van der Waals surface area (Å²) in [6.45, 7) is 0.786. The van der Waals surface area contributed by atoms with Crippen LogP contribution in [0, 0.1) is 11.6 Å². The van der Waals surface area contributed by atoms with Crippen LogP contribution in [0.3, 0.4) is 0 Å². The first kappa shape index (κ1) is 50.8. The molecule has 0 aliphatic carbocycles. The summed E-state index contributed by atoms with van der Waals surface area (Å²) in [5, 5.41) is 10.1. The topological polar surface area (TPSA) is 243 Å². The molecule has 5 N–H and O–H groups in total. The van der Waals surface area contributed by atoms with Crippen LogP contribution in [0.1, 0.15) is 109 Å². The number of aromatic nitrogens is 4. The number of hydrogen-bond donors (Lipinski definition) is 4. The van der Waals surface area contributed by atoms with Gasteiger partial charge in [0.05, 0.1) is 25.6 Å². The zero-order chi connectivity index (χ0) is 43.8. The van der Waals surface area contributed by atoms with Crippen LogP contribution in [-0.4, -0.2) is 74.4 Å². The van der Waals surface area contributed by atoms with Gasteiger partial charge in [-0.2, -0.15) is 16.8 Å². The monoisotopic (exact) mass is 909 g/mol. The summed E-state index contributed by atoms with van der Waals surface area (Å²) < 4.78 is 85.5. The first-order valence-electron chi connectivity index (χ1n) is 19.0. The van der Waals surface area contributed by atoms with Crippen molar-refractivity contribution in [1.82, 2.24) is 35.1 Å². The van der Waals surface area contributed by atoms with Crippen molar-refractivity contribution in [2.24, 2.45) is 0 Å². The number of halogens is 2. The number of carbonyl (C=O) groups excluding carboxylic acids is 2. The Morgan fingerprint density at radius 3 is 1.52 bits per heavy atom. The summed E-state index contributed by atoms with van der Waals surface area (Å²) in [6.07, 6.45) is 6.21. The van der Waals surface area contributed by atoms with Crippen molar-refractivity contribution in [1.29, 1.82) is 0 Å². The molecule has 2 atom stereocenters. The average molecular weight is 910 g/mol. The molecule has 2 aromatic heterocycles. The van der Waals surface area contributed by atoms with E-state index in [-0.39, 0.29) is 45.7 Å². The van der Waals surface area contributed by atoms with E-state index in [0.717, 1.165) is 38.2 Å². The summed E-state index contributed by atoms with van der Waals surface area (Å²) in [4.78, 5) is 60.4. The van der Waals surface area contributed by atoms with Gasteiger partial charge >= 0.3 is 20.2 Å². The minimum Gasteiger partial charge on any atom is -0.374 e. The van der Waals surface area contributed by atoms with Crippen LogP contribution in [0.2, 0.25) is 0 Å². The van der Waals surface area contributed by atoms with Crippen molar-refractivity contribution in [2.75, 3.05) is 26.6 Å². The van der Waals surface area contributed by atoms with Crippen LogP contribution in [0.25, 0.3) is 0 Å². The van der Waals surface area contributed by atoms with Crippen LogP contribution in [0.4, 0.5) is 8.78 Å². The van der Waals surface area contributed by atoms with E-state index in [0.29, 0.717) is 48.7 Å². The highest BCUT2D eigenvalue weighted by molar-refractivity contribution is 7.86. The fourth-order valence-electron chi connectivity index (χ4n) is 6.69. The molecule has 0 bridgehead atoms. The number of benzene rings is 2. The van der Waals surface area contributed by atoms with Gasteiger partial charge in [-0.1, -0.05) is 39.1 Å². The third-order valence-corrected chi connectivity index (χ3v) is 10.6. The Morgan fingerprint density at radius 1 is 0.710 bits per heavy atom. The number of amides is 2. The summed E-state index contributed by atoms with van der Waals surface area (Å²) in [5.41, 5.74) is -0.962. The predicted octanol–water partition coefficient (Wildman–Crippen LogP) is 2.44. The third kappa shape index (κ3) is 13.2. The van der Waals surface area contributed by atoms with E-state index in [1.54, 1.807) is 7.05 Å². The predicted molar refractivity (Wildman–Crippen MR) is 227 cm³/mol. The van der Waals surface area contributed by atoms with E-state index in [9.17, 15) is 44.8 Å². The maximum Gasteiger partial charge on any atom is 0.306 e. The third-order valence-electron chi connectivity index (χ3n) is 9.61. The Bertz CT molecular complexity index is 2380. The number of nitrogens with one attached hydrogen (secondary N) is 3. The van der Waals surface area contributed by atoms with Crippen LogP contribution >= 0.6 is 0 Å². The molecule has 2 aliphatic heterocycles. The zero-order valence-corrected chi connectivity index (χ0v) is 35.0. The van der Waals surface area contributed by atoms with Crippen LogP contribution in [0.5, 0.6) is 11.5 Å². The van der Waals surface area contributed by atoms with Gasteiger partial charge in [0.1, 0.15) is 23.5 Å². The second-order valence-corrected chi connectivity index (χ2v) is 17.3. The molecule has 340 valence electrons. The molecule has 2 amide bonds. The maximum absolute atomic E-state index is 13.1. The fraction of sp³-hybridized carbons (Fsp3) is 0.450. The Morgan fingerprint density at radius 2 is 1.11 bits per heavy atom. The van der Waals surface area contributed by atoms with Crippen LogP contribution in [-0.2, 0) is 46.4 Å². The first-order chi connectivity index (χ1) is 28.4. The van der Waals surface area contributed by atoms with E-state index in [4.69, 9.17) is 8.37 Å². The van der Waals surface area contributed by atoms with E-state index >= 15 is 0 Å². The molecular formula is C40H55F2N8O10S2+. The van der Waals surface area contributed by atoms with Crippen molar-refractivity contribution in [3.8, 4) is 11.5 Å². The van der Waals surface area contributed by atoms with Crippen molar-refractivity contribution in [2.45, 2.75) is 91.6 Å². The smallest absolute Gasteiger partial charge is 0.306 e. The molecule has 0 radical (unpaired) electrons. The van der Waals surface area contributed by atoms with Gasteiger partial charge in [-0.15, -0.1) is 0 Å². The van der Waals surface area contributed by atoms with Gasteiger partial charge in [0, 0.05) is 32.6 Å². The normalized spacial score (nSPS) is 15.9. The number of nitrogens with zero attached hydrogens (tertiary/aromatic N) is 4. The number of carbonyl (C=O) groups is 2. The van der Waals surface area contributed by atoms with Crippen LogP contribution in [0.15, 0.2) is 58.1 Å². The van der Waals surface area contributed by atoms with Crippen molar-refractivity contribution >= 4 is 32.1 Å². The number of hydrogen-bond acceptors (Lipinski definition) is 13. The molecule has 22 heteroatoms. The molecule has 0 fully saturated rings. The molecule has 0 spiro atoms. The van der Waals surface area contributed by atoms with Crippen molar-refractivity contribution in [3.63, 3.8) is 0 Å². The molecule has 0 saturated heterocycles. The van der Waals surface area contributed by atoms with Gasteiger partial charge < -0.3 is 29.6 Å². The summed E-state index contributed by atoms with van der Waals surface area (Å²) in [6, 6.07) is 10.6. The van der Waals surface area contributed by atoms with E-state index in [2.05, 4.69) is 25.9 Å². The SMILES string of the molecule is C.C.CN[C@@H]1CCCCn2c1nc(C(=O)NCc1ccc(F)cc1)c(OS(C)(=O)=O)c2=O.C[NH2+][C@@H]1CCCCn2c1nc(C(=O)NCc1ccc(F)cc1)c(OS(C)(=O)=O)c2=O. The lowest BCUT2D eigenvalue weighted by Gasteiger charge is -2.19. The van der Waals surface area contributed by atoms with Crippen LogP contribution < -0.4 is 40.8 Å². The quantitative estimate of drug-likeness (QED) is 0.150. The van der Waals surface area contributed by atoms with Crippen molar-refractivity contribution < 1.29 is 48.9 Å². The second-order valence-electron chi connectivity index (χ2n) is 14.2. The van der Waals surface area contributed by atoms with E-state index in [1.807, 2.05) is 12.4 Å². The molecular weight excluding hydrogens is 855 g/mol. The molecule has 62 heavy (non-hydrogen) atoms. The first-order valence-corrected chi connectivity index (χ1v) is 22.6. The van der Waals surface area contributed by atoms with E-state index in [1.165, 1.54) is 57.7 Å². The highest BCUT2D eigenvalue weighted by atomic mass is 32.2. The lowest BCUT2D eigenvalue weighted by molar-refractivity contribution is -0.672. The number of nitrogens with two attached hydrogens (primary N) is 1. The molecule has 4 heterocycles. The molecule has 0 saturated carbocycles. The maximum atomic E-state index is 13.1. The van der Waals surface area contributed by atoms with Gasteiger partial charge in [-0.25, -0.2) is 18.7 Å². The van der Waals surface area contributed by atoms with Gasteiger partial charge in [0.2, 0.25) is 11.5 Å². The molecule has 18 nitrogen and oxygen atoms in total. The minimum atomic E-state index is -4.07. The number of fused-ring (bicyclic) bond motifs is 2. The van der Waals surface area contributed by atoms with Gasteiger partial charge in [-0.3, -0.25) is 28.3 Å². The Kier molecular flexibility index (Phi) is 18.0. The summed E-state index contributed by atoms with van der Waals surface area (Å²) in [7, 11) is -4.57. The molecule has 6 rings (SSSR count). The molecule has 4 aromatic rings. The Labute approximate surface area is 359 Å². The molecule has 2 aliphatic rings. The summed E-state index contributed by atoms with van der Waals surface area (Å²) in [5.74, 6) is -2.82. The van der Waals surface area contributed by atoms with Gasteiger partial charge in [0.15, 0.2) is 17.2 Å². The second kappa shape index (κ2) is 22.0. The minimum absolute atomic E-state index is 0. The zero-order valence-electron chi connectivity index (χ0n) is 33.4. The standard InChI is InChI=1S/2C19H23FN4O5S.2CH4/c2*1-21-14-5-3-4-10-24-17(14)23-15(16(19(24)26)29-30(2,27)28)18(25)22-11-12-6-8-13(20)9-7-12;;/h2*6-9,14,21H,3-5,10-11H2,1-2H3,(H,22,25);2*1H4/p+1/t2*14-;;/m11../s1. The number of rotatable bonds is 12. The number of quaternary nitrogens is 1. The lowest BCUT2D eigenvalue weighted by atomic mass is 10.1. The summed E-state index contributed by atoms with van der Waals surface area (Å²) >= 11 is 0. The molecule has 2 aromatic carbocycles. The largest absolute Gasteiger partial charge is 0.374 e. The van der Waals surface area contributed by atoms with E-state index < -0.39 is 72.0 Å². The Hall–Kier alpha value is -5.58. The molecule has 0 unspecified atom stereocenters. The van der Waals surface area contributed by atoms with Gasteiger partial charge in [-0.05, 0) is 74.5 Å². The fourth-order valence-corrected chi connectivity index (χ4v) is 7.59. The highest BCUT2D eigenvalue weighted by Gasteiger charge is 2.32. The lowest BCUT2D eigenvalue weighted by Crippen LogP contribution is -2.81. The van der Waals surface area contributed by atoms with Crippen molar-refractivity contribution in [3.05, 3.63) is 115 Å². The highest BCUT2D eigenvalue weighted by Crippen LogP contribution is 2.25. The van der Waals surface area contributed by atoms with Gasteiger partial charge in [0.25, 0.3) is 22.9 Å².